The number of hydrogen-bond acceptors (Lipinski definition) is 6. The molecule has 0 aliphatic rings. The van der Waals surface area contributed by atoms with Gasteiger partial charge in [-0.15, -0.1) is 0 Å². The molecule has 92 valence electrons. The Balaban J connectivity index is 3.08. The second kappa shape index (κ2) is 5.80. The van der Waals surface area contributed by atoms with Crippen LogP contribution in [0.25, 0.3) is 0 Å². The molecule has 1 aromatic carbocycles. The molecule has 7 nitrogen and oxygen atoms in total. The Hall–Kier alpha value is -2.15. The number of anilines is 1. The number of nitro groups is 1. The molecule has 0 aromatic heterocycles. The van der Waals surface area contributed by atoms with E-state index in [-0.39, 0.29) is 11.3 Å². The van der Waals surface area contributed by atoms with Crippen molar-refractivity contribution >= 4 is 17.3 Å². The molecule has 0 aliphatic carbocycles. The van der Waals surface area contributed by atoms with E-state index in [0.29, 0.717) is 18.8 Å². The van der Waals surface area contributed by atoms with Crippen LogP contribution in [-0.2, 0) is 4.74 Å². The molecule has 0 unspecified atom stereocenters. The molecule has 0 bridgehead atoms. The zero-order chi connectivity index (χ0) is 12.8. The van der Waals surface area contributed by atoms with Crippen LogP contribution in [0.3, 0.4) is 0 Å². The van der Waals surface area contributed by atoms with Crippen molar-refractivity contribution in [3.63, 3.8) is 0 Å². The average molecular weight is 239 g/mol. The minimum Gasteiger partial charge on any atom is -0.465 e. The number of nitro benzene ring substituents is 1. The Kier molecular flexibility index (Phi) is 4.41. The van der Waals surface area contributed by atoms with E-state index in [0.717, 1.165) is 0 Å². The monoisotopic (exact) mass is 239 g/mol. The summed E-state index contributed by atoms with van der Waals surface area (Å²) in [5, 5.41) is 13.6. The summed E-state index contributed by atoms with van der Waals surface area (Å²) >= 11 is 0. The third-order valence-corrected chi connectivity index (χ3v) is 2.08. The third kappa shape index (κ3) is 3.15. The number of nitrogens with zero attached hydrogens (tertiary/aromatic N) is 1. The van der Waals surface area contributed by atoms with Crippen LogP contribution in [0.1, 0.15) is 10.4 Å². The fraction of sp³-hybridized carbons (Fsp3) is 0.300. The maximum atomic E-state index is 11.2. The predicted octanol–water partition coefficient (Wildman–Crippen LogP) is 0.752. The quantitative estimate of drug-likeness (QED) is 0.446. The van der Waals surface area contributed by atoms with Crippen LogP contribution in [0.2, 0.25) is 0 Å². The van der Waals surface area contributed by atoms with Crippen molar-refractivity contribution in [2.45, 2.75) is 0 Å². The summed E-state index contributed by atoms with van der Waals surface area (Å²) in [6, 6.07) is 4.09. The molecule has 7 heteroatoms. The van der Waals surface area contributed by atoms with E-state index < -0.39 is 10.9 Å². The summed E-state index contributed by atoms with van der Waals surface area (Å²) in [7, 11) is 1.22. The van der Waals surface area contributed by atoms with Gasteiger partial charge in [0.25, 0.3) is 5.69 Å². The van der Waals surface area contributed by atoms with E-state index in [1.54, 1.807) is 0 Å². The molecule has 0 spiro atoms. The number of benzene rings is 1. The van der Waals surface area contributed by atoms with E-state index in [1.165, 1.54) is 25.3 Å². The predicted molar refractivity (Wildman–Crippen MR) is 62.0 cm³/mol. The first kappa shape index (κ1) is 12.9. The van der Waals surface area contributed by atoms with Gasteiger partial charge in [-0.25, -0.2) is 4.79 Å². The van der Waals surface area contributed by atoms with Gasteiger partial charge < -0.3 is 15.8 Å². The molecule has 0 aliphatic heterocycles. The number of methoxy groups -OCH3 is 1. The Morgan fingerprint density at radius 2 is 2.29 bits per heavy atom. The smallest absolute Gasteiger partial charge is 0.338 e. The number of carbonyl (C=O) groups excluding carboxylic acids is 1. The van der Waals surface area contributed by atoms with Crippen LogP contribution < -0.4 is 11.1 Å². The van der Waals surface area contributed by atoms with Gasteiger partial charge >= 0.3 is 5.97 Å². The van der Waals surface area contributed by atoms with Gasteiger partial charge in [-0.3, -0.25) is 10.1 Å². The summed E-state index contributed by atoms with van der Waals surface area (Å²) in [5.41, 5.74) is 5.58. The molecule has 1 rings (SSSR count). The van der Waals surface area contributed by atoms with Crippen LogP contribution in [0, 0.1) is 10.1 Å². The standard InChI is InChI=1S/C10H13N3O4/c1-17-10(14)7-2-3-8(12-5-4-11)9(6-7)13(15)16/h2-3,6,12H,4-5,11H2,1H3. The molecule has 0 fully saturated rings. The second-order valence-electron chi connectivity index (χ2n) is 3.20. The van der Waals surface area contributed by atoms with Crippen molar-refractivity contribution in [1.29, 1.82) is 0 Å². The topological polar surface area (TPSA) is 107 Å². The third-order valence-electron chi connectivity index (χ3n) is 2.08. The number of esters is 1. The van der Waals surface area contributed by atoms with Crippen LogP contribution in [-0.4, -0.2) is 31.1 Å². The van der Waals surface area contributed by atoms with Crippen molar-refractivity contribution in [1.82, 2.24) is 0 Å². The van der Waals surface area contributed by atoms with Gasteiger partial charge in [0, 0.05) is 19.2 Å². The SMILES string of the molecule is COC(=O)c1ccc(NCCN)c([N+](=O)[O-])c1. The van der Waals surface area contributed by atoms with Crippen LogP contribution >= 0.6 is 0 Å². The lowest BCUT2D eigenvalue weighted by molar-refractivity contribution is -0.384. The van der Waals surface area contributed by atoms with Gasteiger partial charge in [0.05, 0.1) is 17.6 Å². The fourth-order valence-electron chi connectivity index (χ4n) is 1.28. The zero-order valence-corrected chi connectivity index (χ0v) is 9.30. The van der Waals surface area contributed by atoms with Crippen LogP contribution in [0.5, 0.6) is 0 Å². The van der Waals surface area contributed by atoms with Gasteiger partial charge in [0.1, 0.15) is 5.69 Å². The van der Waals surface area contributed by atoms with Gasteiger partial charge in [-0.05, 0) is 12.1 Å². The molecule has 0 saturated heterocycles. The highest BCUT2D eigenvalue weighted by atomic mass is 16.6. The molecule has 0 saturated carbocycles. The molecular weight excluding hydrogens is 226 g/mol. The summed E-state index contributed by atoms with van der Waals surface area (Å²) in [5.74, 6) is -0.613. The Bertz CT molecular complexity index is 434. The number of ether oxygens (including phenoxy) is 1. The summed E-state index contributed by atoms with van der Waals surface area (Å²) < 4.78 is 4.49. The van der Waals surface area contributed by atoms with E-state index in [9.17, 15) is 14.9 Å². The van der Waals surface area contributed by atoms with Crippen molar-refractivity contribution in [3.05, 3.63) is 33.9 Å². The molecule has 17 heavy (non-hydrogen) atoms. The van der Waals surface area contributed by atoms with Gasteiger partial charge in [0.2, 0.25) is 0 Å². The summed E-state index contributed by atoms with van der Waals surface area (Å²) in [6.07, 6.45) is 0. The lowest BCUT2D eigenvalue weighted by atomic mass is 10.1. The van der Waals surface area contributed by atoms with Gasteiger partial charge in [0.15, 0.2) is 0 Å². The molecule has 0 amide bonds. The number of carbonyl (C=O) groups is 1. The van der Waals surface area contributed by atoms with E-state index >= 15 is 0 Å². The molecular formula is C10H13N3O4. The van der Waals surface area contributed by atoms with E-state index in [1.807, 2.05) is 0 Å². The summed E-state index contributed by atoms with van der Waals surface area (Å²) in [6.45, 7) is 0.772. The van der Waals surface area contributed by atoms with Crippen LogP contribution in [0.15, 0.2) is 18.2 Å². The Morgan fingerprint density at radius 3 is 2.82 bits per heavy atom. The van der Waals surface area contributed by atoms with Crippen molar-refractivity contribution in [2.75, 3.05) is 25.5 Å². The van der Waals surface area contributed by atoms with Gasteiger partial charge in [-0.2, -0.15) is 0 Å². The maximum Gasteiger partial charge on any atom is 0.338 e. The number of rotatable bonds is 5. The second-order valence-corrected chi connectivity index (χ2v) is 3.20. The van der Waals surface area contributed by atoms with Crippen LogP contribution in [0.4, 0.5) is 11.4 Å². The number of hydrogen-bond donors (Lipinski definition) is 2. The first-order valence-electron chi connectivity index (χ1n) is 4.91. The fourth-order valence-corrected chi connectivity index (χ4v) is 1.28. The number of nitrogens with two attached hydrogens (primary N) is 1. The lowest BCUT2D eigenvalue weighted by Crippen LogP contribution is -2.14. The Morgan fingerprint density at radius 1 is 1.59 bits per heavy atom. The Labute approximate surface area is 97.7 Å². The minimum absolute atomic E-state index is 0.137. The van der Waals surface area contributed by atoms with E-state index in [2.05, 4.69) is 10.1 Å². The number of nitrogens with one attached hydrogen (secondary N) is 1. The largest absolute Gasteiger partial charge is 0.465 e. The van der Waals surface area contributed by atoms with E-state index in [4.69, 9.17) is 5.73 Å². The van der Waals surface area contributed by atoms with Gasteiger partial charge in [-0.1, -0.05) is 0 Å². The van der Waals surface area contributed by atoms with Crippen molar-refractivity contribution < 1.29 is 14.5 Å². The average Bonchev–Trinajstić information content (AvgIpc) is 2.35. The molecule has 1 aromatic rings. The highest BCUT2D eigenvalue weighted by Gasteiger charge is 2.17. The molecule has 0 radical (unpaired) electrons. The molecule has 3 N–H and O–H groups in total. The normalized spacial score (nSPS) is 9.76. The van der Waals surface area contributed by atoms with Crippen molar-refractivity contribution in [2.24, 2.45) is 5.73 Å². The lowest BCUT2D eigenvalue weighted by Gasteiger charge is -2.06. The summed E-state index contributed by atoms with van der Waals surface area (Å²) in [4.78, 5) is 21.5. The highest BCUT2D eigenvalue weighted by molar-refractivity contribution is 5.91. The minimum atomic E-state index is -0.613. The first-order valence-corrected chi connectivity index (χ1v) is 4.91. The highest BCUT2D eigenvalue weighted by Crippen LogP contribution is 2.25. The zero-order valence-electron chi connectivity index (χ0n) is 9.30. The maximum absolute atomic E-state index is 11.2. The molecule has 0 atom stereocenters. The molecule has 0 heterocycles. The first-order chi connectivity index (χ1) is 8.10. The van der Waals surface area contributed by atoms with Crippen molar-refractivity contribution in [3.8, 4) is 0 Å².